The molecule has 6 rings (SSSR count). The van der Waals surface area contributed by atoms with Gasteiger partial charge in [-0.25, -0.2) is 8.78 Å². The molecule has 0 aromatic heterocycles. The third-order valence-corrected chi connectivity index (χ3v) is 9.17. The average Bonchev–Trinajstić information content (AvgIpc) is 3.26. The van der Waals surface area contributed by atoms with Crippen molar-refractivity contribution in [1.82, 2.24) is 9.80 Å². The summed E-state index contributed by atoms with van der Waals surface area (Å²) in [5, 5.41) is 10.5. The number of methoxy groups -OCH3 is 1. The Morgan fingerprint density at radius 3 is 2.38 bits per heavy atom. The van der Waals surface area contributed by atoms with Gasteiger partial charge in [-0.1, -0.05) is 66.2 Å². The predicted octanol–water partition coefficient (Wildman–Crippen LogP) is 8.73. The molecular formula is C41H42F5N3O3S. The summed E-state index contributed by atoms with van der Waals surface area (Å²) >= 11 is -0.172. The van der Waals surface area contributed by atoms with Crippen molar-refractivity contribution >= 4 is 23.4 Å². The number of rotatable bonds is 12. The minimum absolute atomic E-state index is 0.172. The number of ether oxygens (including phenoxy) is 1. The smallest absolute Gasteiger partial charge is 0.384 e. The number of piperidine rings is 1. The maximum atomic E-state index is 15.4. The van der Waals surface area contributed by atoms with E-state index in [9.17, 15) is 28.2 Å². The number of anilines is 1. The Kier molecular flexibility index (Phi) is 7.70. The first kappa shape index (κ1) is 24.2. The maximum absolute atomic E-state index is 15.4. The van der Waals surface area contributed by atoms with E-state index in [1.807, 2.05) is 0 Å². The molecule has 0 aliphatic carbocycles. The molecule has 280 valence electrons. The van der Waals surface area contributed by atoms with Crippen LogP contribution in [0.25, 0.3) is 11.1 Å². The summed E-state index contributed by atoms with van der Waals surface area (Å²) < 4.78 is 199. The van der Waals surface area contributed by atoms with Gasteiger partial charge in [-0.15, -0.1) is 11.8 Å². The average molecular weight is 766 g/mol. The summed E-state index contributed by atoms with van der Waals surface area (Å²) in [7, 11) is 0.947. The highest BCUT2D eigenvalue weighted by Gasteiger charge is 2.33. The first-order valence-electron chi connectivity index (χ1n) is 23.2. The van der Waals surface area contributed by atoms with Gasteiger partial charge in [0.05, 0.1) is 30.9 Å². The second-order valence-electron chi connectivity index (χ2n) is 11.9. The first-order chi connectivity index (χ1) is 30.8. The zero-order valence-electron chi connectivity index (χ0n) is 42.2. The van der Waals surface area contributed by atoms with E-state index in [2.05, 4.69) is 0 Å². The highest BCUT2D eigenvalue weighted by Crippen LogP contribution is 2.41. The first-order valence-corrected chi connectivity index (χ1v) is 17.0. The van der Waals surface area contributed by atoms with Gasteiger partial charge in [0.15, 0.2) is 11.6 Å². The number of nitrogens with zero attached hydrogens (tertiary/aromatic N) is 3. The van der Waals surface area contributed by atoms with E-state index in [-0.39, 0.29) is 59.3 Å². The predicted molar refractivity (Wildman–Crippen MR) is 198 cm³/mol. The van der Waals surface area contributed by atoms with Gasteiger partial charge in [0.25, 0.3) is 0 Å². The molecule has 1 amide bonds. The van der Waals surface area contributed by atoms with Gasteiger partial charge in [0.1, 0.15) is 12.6 Å². The Morgan fingerprint density at radius 2 is 1.72 bits per heavy atom. The molecule has 12 heteroatoms. The summed E-state index contributed by atoms with van der Waals surface area (Å²) in [6.45, 7) is -12.0. The fourth-order valence-corrected chi connectivity index (χ4v) is 6.40. The van der Waals surface area contributed by atoms with Gasteiger partial charge in [-0.3, -0.25) is 4.79 Å². The Labute approximate surface area is 330 Å². The van der Waals surface area contributed by atoms with Gasteiger partial charge in [-0.05, 0) is 66.7 Å². The van der Waals surface area contributed by atoms with Crippen LogP contribution in [0.3, 0.4) is 0 Å². The van der Waals surface area contributed by atoms with Crippen molar-refractivity contribution in [1.29, 1.82) is 0 Å². The molecule has 1 N–H and O–H groups in total. The largest absolute Gasteiger partial charge is 0.416 e. The Hall–Kier alpha value is -4.23. The molecule has 4 aromatic carbocycles. The molecule has 2 aliphatic heterocycles. The van der Waals surface area contributed by atoms with Crippen molar-refractivity contribution in [3.05, 3.63) is 135 Å². The fraction of sp³-hybridized carbons (Fsp3) is 0.341. The molecule has 0 radical (unpaired) electrons. The number of aliphatic hydroxyl groups is 1. The second kappa shape index (κ2) is 16.8. The van der Waals surface area contributed by atoms with Crippen LogP contribution >= 0.6 is 11.8 Å². The summed E-state index contributed by atoms with van der Waals surface area (Å²) in [4.78, 5) is 17.2. The molecule has 2 aliphatic rings. The van der Waals surface area contributed by atoms with E-state index in [1.54, 1.807) is 0 Å². The van der Waals surface area contributed by atoms with Gasteiger partial charge in [0, 0.05) is 67.2 Å². The number of fused-ring (bicyclic) bond motifs is 1. The Bertz CT molecular complexity index is 2580. The van der Waals surface area contributed by atoms with E-state index in [0.29, 0.717) is 16.5 Å². The van der Waals surface area contributed by atoms with Crippen molar-refractivity contribution in [3.8, 4) is 11.1 Å². The minimum atomic E-state index is -4.62. The van der Waals surface area contributed by atoms with E-state index in [1.165, 1.54) is 43.3 Å². The minimum Gasteiger partial charge on any atom is -0.384 e. The van der Waals surface area contributed by atoms with Gasteiger partial charge in [0.2, 0.25) is 5.91 Å². The van der Waals surface area contributed by atoms with Crippen molar-refractivity contribution in [2.75, 3.05) is 44.7 Å². The van der Waals surface area contributed by atoms with Crippen LogP contribution in [0.5, 0.6) is 0 Å². The zero-order valence-corrected chi connectivity index (χ0v) is 29.1. The number of alkyl halides is 3. The van der Waals surface area contributed by atoms with Crippen LogP contribution in [0.2, 0.25) is 0 Å². The molecule has 53 heavy (non-hydrogen) atoms. The SMILES string of the molecule is [2H]C1=C(SC([2H])([2H])c2cccc(F)c2F)N(C([2H])([2H])C(=O)N(C2CCN(C([2H])([2H])C([2H])([2H])OC)CC2)C([2H])([2H])c2ccc(-c3ccc(C(F)(F)F)cc3)cc2)c2c([2H])c([2H])c(C)c([2H])c2C1O. The van der Waals surface area contributed by atoms with Gasteiger partial charge < -0.3 is 24.5 Å². The molecule has 4 aromatic rings. The third kappa shape index (κ3) is 9.29. The van der Waals surface area contributed by atoms with Crippen molar-refractivity contribution in [2.24, 2.45) is 0 Å². The zero-order chi connectivity index (χ0) is 50.1. The number of carbonyl (C=O) groups excluding carboxylic acids is 1. The number of hydrogen-bond donors (Lipinski definition) is 1. The highest BCUT2D eigenvalue weighted by molar-refractivity contribution is 8.02. The topological polar surface area (TPSA) is 56.3 Å². The van der Waals surface area contributed by atoms with Crippen LogP contribution < -0.4 is 4.90 Å². The lowest BCUT2D eigenvalue weighted by Gasteiger charge is -2.40. The van der Waals surface area contributed by atoms with Crippen LogP contribution in [-0.4, -0.2) is 66.6 Å². The lowest BCUT2D eigenvalue weighted by Crippen LogP contribution is -2.50. The van der Waals surface area contributed by atoms with Crippen LogP contribution in [0.1, 0.15) is 66.0 Å². The molecule has 1 fully saturated rings. The number of likely N-dealkylation sites (tertiary alicyclic amines) is 1. The van der Waals surface area contributed by atoms with E-state index in [4.69, 9.17) is 18.4 Å². The molecule has 1 saturated heterocycles. The lowest BCUT2D eigenvalue weighted by atomic mass is 9.99. The summed E-state index contributed by atoms with van der Waals surface area (Å²) in [5.74, 6) is -4.95. The molecule has 0 bridgehead atoms. The van der Waals surface area contributed by atoms with Crippen LogP contribution in [0.4, 0.5) is 27.6 Å². The number of halogens is 5. The molecule has 0 saturated carbocycles. The normalized spacial score (nSPS) is 22.1. The van der Waals surface area contributed by atoms with Crippen LogP contribution in [0, 0.1) is 18.6 Å². The Morgan fingerprint density at radius 1 is 1.04 bits per heavy atom. The number of carbonyl (C=O) groups is 1. The number of aliphatic hydroxyl groups excluding tert-OH is 1. The molecule has 1 atom stereocenters. The van der Waals surface area contributed by atoms with E-state index >= 15 is 9.18 Å². The molecule has 0 spiro atoms. The number of hydrogen-bond acceptors (Lipinski definition) is 6. The molecule has 2 heterocycles. The second-order valence-corrected chi connectivity index (χ2v) is 12.7. The third-order valence-electron chi connectivity index (χ3n) is 8.36. The summed E-state index contributed by atoms with van der Waals surface area (Å²) in [6, 6.07) is 6.85. The maximum Gasteiger partial charge on any atom is 0.416 e. The Balaban J connectivity index is 1.52. The summed E-state index contributed by atoms with van der Waals surface area (Å²) in [6.07, 6.45) is -7.56. The molecule has 1 unspecified atom stereocenters. The van der Waals surface area contributed by atoms with Crippen LogP contribution in [0.15, 0.2) is 95.9 Å². The van der Waals surface area contributed by atoms with Crippen molar-refractivity contribution in [2.45, 2.75) is 50.3 Å². The van der Waals surface area contributed by atoms with Crippen molar-refractivity contribution < 1.29 is 55.8 Å². The van der Waals surface area contributed by atoms with E-state index < -0.39 is 119 Å². The lowest BCUT2D eigenvalue weighted by molar-refractivity contribution is -0.137. The molecule has 6 nitrogen and oxygen atoms in total. The number of amides is 1. The fourth-order valence-electron chi connectivity index (χ4n) is 5.64. The summed E-state index contributed by atoms with van der Waals surface area (Å²) in [5.41, 5.74) is -6.48. The van der Waals surface area contributed by atoms with Gasteiger partial charge >= 0.3 is 6.18 Å². The number of thioether (sulfide) groups is 1. The van der Waals surface area contributed by atoms with Crippen molar-refractivity contribution in [3.63, 3.8) is 0 Å². The highest BCUT2D eigenvalue weighted by atomic mass is 32.2. The van der Waals surface area contributed by atoms with Crippen LogP contribution in [-0.2, 0) is 27.9 Å². The standard InChI is InChI=1S/C41H42F5N3O3S/c1-27-6-15-36-34(22-27)37(50)23-39(53-26-31-4-3-5-35(42)40(31)43)49(36)25-38(51)48(33-16-18-47(19-17-33)20-21-52-2)24-28-7-9-29(10-8-28)30-11-13-32(14-12-30)41(44,45)46/h3-15,22-23,33,37,50H,16-21,24-26H2,1-2H3/i6D,15D,20D2,21D2,22D,23D,24D2,25D2,26D2. The number of benzene rings is 4. The molecular weight excluding hydrogens is 710 g/mol. The van der Waals surface area contributed by atoms with E-state index in [0.717, 1.165) is 36.3 Å². The quantitative estimate of drug-likeness (QED) is 0.146. The monoisotopic (exact) mass is 765 g/mol. The van der Waals surface area contributed by atoms with Gasteiger partial charge in [-0.2, -0.15) is 13.2 Å².